The molecule has 98 valence electrons. The fourth-order valence-electron chi connectivity index (χ4n) is 1.57. The quantitative estimate of drug-likeness (QED) is 0.881. The number of carbonyl (C=O) groups is 1. The van der Waals surface area contributed by atoms with Crippen molar-refractivity contribution in [1.82, 2.24) is 0 Å². The van der Waals surface area contributed by atoms with Crippen molar-refractivity contribution in [3.63, 3.8) is 0 Å². The predicted octanol–water partition coefficient (Wildman–Crippen LogP) is 3.85. The molecule has 0 spiro atoms. The largest absolute Gasteiger partial charge is 0.508 e. The number of amides is 1. The number of aromatic hydroxyl groups is 1. The van der Waals surface area contributed by atoms with Crippen molar-refractivity contribution < 1.29 is 14.3 Å². The van der Waals surface area contributed by atoms with Crippen LogP contribution in [0.2, 0.25) is 0 Å². The minimum Gasteiger partial charge on any atom is -0.508 e. The van der Waals surface area contributed by atoms with E-state index in [9.17, 15) is 14.3 Å². The molecular formula is C14H11BrFNO2. The Morgan fingerprint density at radius 1 is 1.26 bits per heavy atom. The molecule has 0 bridgehead atoms. The van der Waals surface area contributed by atoms with E-state index in [0.29, 0.717) is 21.3 Å². The van der Waals surface area contributed by atoms with Crippen molar-refractivity contribution >= 4 is 27.5 Å². The van der Waals surface area contributed by atoms with Crippen LogP contribution < -0.4 is 5.32 Å². The van der Waals surface area contributed by atoms with Crippen LogP contribution in [0.5, 0.6) is 5.75 Å². The van der Waals surface area contributed by atoms with Gasteiger partial charge in [0.05, 0.1) is 4.47 Å². The highest BCUT2D eigenvalue weighted by atomic mass is 79.9. The smallest absolute Gasteiger partial charge is 0.255 e. The SMILES string of the molecule is Cc1cc(C(=O)Nc2ccc(Br)c(F)c2)ccc1O. The number of hydrogen-bond donors (Lipinski definition) is 2. The summed E-state index contributed by atoms with van der Waals surface area (Å²) in [5, 5.41) is 12.0. The molecule has 1 amide bonds. The molecule has 0 aliphatic carbocycles. The molecule has 0 fully saturated rings. The van der Waals surface area contributed by atoms with Crippen LogP contribution in [0.3, 0.4) is 0 Å². The maximum atomic E-state index is 13.3. The summed E-state index contributed by atoms with van der Waals surface area (Å²) in [6, 6.07) is 8.87. The molecule has 2 aromatic carbocycles. The Morgan fingerprint density at radius 2 is 2.00 bits per heavy atom. The van der Waals surface area contributed by atoms with E-state index in [-0.39, 0.29) is 11.7 Å². The van der Waals surface area contributed by atoms with E-state index in [1.807, 2.05) is 0 Å². The van der Waals surface area contributed by atoms with Gasteiger partial charge >= 0.3 is 0 Å². The number of hydrogen-bond acceptors (Lipinski definition) is 2. The summed E-state index contributed by atoms with van der Waals surface area (Å²) in [6.45, 7) is 1.70. The van der Waals surface area contributed by atoms with Crippen LogP contribution in [0.15, 0.2) is 40.9 Å². The highest BCUT2D eigenvalue weighted by Gasteiger charge is 2.09. The summed E-state index contributed by atoms with van der Waals surface area (Å²) in [4.78, 5) is 11.9. The number of anilines is 1. The first kappa shape index (κ1) is 13.5. The fraction of sp³-hybridized carbons (Fsp3) is 0.0714. The van der Waals surface area contributed by atoms with Gasteiger partial charge in [-0.1, -0.05) is 0 Å². The lowest BCUT2D eigenvalue weighted by Gasteiger charge is -2.07. The van der Waals surface area contributed by atoms with E-state index in [1.165, 1.54) is 24.3 Å². The van der Waals surface area contributed by atoms with Gasteiger partial charge in [0.1, 0.15) is 11.6 Å². The molecule has 5 heteroatoms. The second-order valence-electron chi connectivity index (χ2n) is 4.08. The normalized spacial score (nSPS) is 10.3. The Balaban J connectivity index is 2.20. The number of rotatable bonds is 2. The van der Waals surface area contributed by atoms with Gasteiger partial charge in [0.2, 0.25) is 0 Å². The zero-order chi connectivity index (χ0) is 14.0. The van der Waals surface area contributed by atoms with Crippen LogP contribution in [0.25, 0.3) is 0 Å². The summed E-state index contributed by atoms with van der Waals surface area (Å²) in [5.41, 5.74) is 1.38. The van der Waals surface area contributed by atoms with E-state index in [4.69, 9.17) is 0 Å². The molecule has 0 saturated heterocycles. The zero-order valence-electron chi connectivity index (χ0n) is 10.1. The fourth-order valence-corrected chi connectivity index (χ4v) is 1.82. The van der Waals surface area contributed by atoms with Gasteiger partial charge in [-0.15, -0.1) is 0 Å². The molecule has 2 rings (SSSR count). The minimum absolute atomic E-state index is 0.131. The molecule has 0 aliphatic rings. The first-order chi connectivity index (χ1) is 8.97. The van der Waals surface area contributed by atoms with E-state index in [0.717, 1.165) is 0 Å². The van der Waals surface area contributed by atoms with Crippen molar-refractivity contribution in [3.8, 4) is 5.75 Å². The molecule has 0 aliphatic heterocycles. The summed E-state index contributed by atoms with van der Waals surface area (Å²) in [6.07, 6.45) is 0. The molecule has 2 aromatic rings. The average molecular weight is 324 g/mol. The van der Waals surface area contributed by atoms with Crippen molar-refractivity contribution in [2.75, 3.05) is 5.32 Å². The number of phenolic OH excluding ortho intramolecular Hbond substituents is 1. The maximum Gasteiger partial charge on any atom is 0.255 e. The summed E-state index contributed by atoms with van der Waals surface area (Å²) in [7, 11) is 0. The Bertz CT molecular complexity index is 643. The van der Waals surface area contributed by atoms with Crippen molar-refractivity contribution in [1.29, 1.82) is 0 Å². The Hall–Kier alpha value is -1.88. The van der Waals surface area contributed by atoms with Crippen LogP contribution in [0, 0.1) is 12.7 Å². The number of aryl methyl sites for hydroxylation is 1. The number of benzene rings is 2. The summed E-state index contributed by atoms with van der Waals surface area (Å²) >= 11 is 3.04. The van der Waals surface area contributed by atoms with E-state index in [2.05, 4.69) is 21.2 Å². The van der Waals surface area contributed by atoms with Crippen LogP contribution in [0.1, 0.15) is 15.9 Å². The van der Waals surface area contributed by atoms with Crippen molar-refractivity contribution in [2.24, 2.45) is 0 Å². The highest BCUT2D eigenvalue weighted by molar-refractivity contribution is 9.10. The van der Waals surface area contributed by atoms with Gasteiger partial charge in [-0.3, -0.25) is 4.79 Å². The molecule has 0 saturated carbocycles. The van der Waals surface area contributed by atoms with Gasteiger partial charge in [0.15, 0.2) is 0 Å². The van der Waals surface area contributed by atoms with Gasteiger partial charge in [-0.2, -0.15) is 0 Å². The average Bonchev–Trinajstić information content (AvgIpc) is 2.37. The Labute approximate surface area is 118 Å². The van der Waals surface area contributed by atoms with E-state index < -0.39 is 5.82 Å². The third-order valence-electron chi connectivity index (χ3n) is 2.64. The number of nitrogens with one attached hydrogen (secondary N) is 1. The van der Waals surface area contributed by atoms with Crippen LogP contribution >= 0.6 is 15.9 Å². The Morgan fingerprint density at radius 3 is 2.63 bits per heavy atom. The molecule has 0 radical (unpaired) electrons. The van der Waals surface area contributed by atoms with E-state index >= 15 is 0 Å². The lowest BCUT2D eigenvalue weighted by Crippen LogP contribution is -2.12. The molecule has 19 heavy (non-hydrogen) atoms. The Kier molecular flexibility index (Phi) is 3.85. The van der Waals surface area contributed by atoms with Crippen LogP contribution in [-0.2, 0) is 0 Å². The standard InChI is InChI=1S/C14H11BrFNO2/c1-8-6-9(2-5-13(8)18)14(19)17-10-3-4-11(15)12(16)7-10/h2-7,18H,1H3,(H,17,19). The third-order valence-corrected chi connectivity index (χ3v) is 3.28. The summed E-state index contributed by atoms with van der Waals surface area (Å²) in [5.74, 6) is -0.671. The number of phenols is 1. The number of carbonyl (C=O) groups excluding carboxylic acids is 1. The summed E-state index contributed by atoms with van der Waals surface area (Å²) < 4.78 is 13.7. The first-order valence-electron chi connectivity index (χ1n) is 5.53. The van der Waals surface area contributed by atoms with Crippen LogP contribution in [-0.4, -0.2) is 11.0 Å². The molecule has 0 heterocycles. The molecular weight excluding hydrogens is 313 g/mol. The monoisotopic (exact) mass is 323 g/mol. The van der Waals surface area contributed by atoms with Gasteiger partial charge in [0, 0.05) is 11.3 Å². The second kappa shape index (κ2) is 5.40. The van der Waals surface area contributed by atoms with Gasteiger partial charge in [0.25, 0.3) is 5.91 Å². The maximum absolute atomic E-state index is 13.3. The molecule has 0 aromatic heterocycles. The van der Waals surface area contributed by atoms with E-state index in [1.54, 1.807) is 19.1 Å². The zero-order valence-corrected chi connectivity index (χ0v) is 11.7. The lowest BCUT2D eigenvalue weighted by atomic mass is 10.1. The third kappa shape index (κ3) is 3.12. The van der Waals surface area contributed by atoms with Gasteiger partial charge in [-0.25, -0.2) is 4.39 Å². The predicted molar refractivity (Wildman–Crippen MR) is 74.9 cm³/mol. The lowest BCUT2D eigenvalue weighted by molar-refractivity contribution is 0.102. The van der Waals surface area contributed by atoms with Crippen LogP contribution in [0.4, 0.5) is 10.1 Å². The topological polar surface area (TPSA) is 49.3 Å². The first-order valence-corrected chi connectivity index (χ1v) is 6.32. The molecule has 3 nitrogen and oxygen atoms in total. The highest BCUT2D eigenvalue weighted by Crippen LogP contribution is 2.21. The minimum atomic E-state index is -0.445. The molecule has 2 N–H and O–H groups in total. The molecule has 0 unspecified atom stereocenters. The molecule has 0 atom stereocenters. The van der Waals surface area contributed by atoms with Gasteiger partial charge in [-0.05, 0) is 64.8 Å². The second-order valence-corrected chi connectivity index (χ2v) is 4.94. The van der Waals surface area contributed by atoms with Crippen molar-refractivity contribution in [2.45, 2.75) is 6.92 Å². The number of halogens is 2. The van der Waals surface area contributed by atoms with Crippen molar-refractivity contribution in [3.05, 3.63) is 57.8 Å². The van der Waals surface area contributed by atoms with Gasteiger partial charge < -0.3 is 10.4 Å².